The molecule has 0 radical (unpaired) electrons. The van der Waals surface area contributed by atoms with Crippen molar-refractivity contribution in [3.8, 4) is 0 Å². The van der Waals surface area contributed by atoms with Crippen LogP contribution in [-0.2, 0) is 4.79 Å². The molecule has 1 aliphatic heterocycles. The molecule has 0 spiro atoms. The van der Waals surface area contributed by atoms with E-state index in [2.05, 4.69) is 10.2 Å². The van der Waals surface area contributed by atoms with Gasteiger partial charge in [0.15, 0.2) is 5.78 Å². The summed E-state index contributed by atoms with van der Waals surface area (Å²) < 4.78 is 0. The summed E-state index contributed by atoms with van der Waals surface area (Å²) in [5.74, 6) is 0.224. The summed E-state index contributed by atoms with van der Waals surface area (Å²) in [5, 5.41) is 3.26. The van der Waals surface area contributed by atoms with E-state index in [-0.39, 0.29) is 5.78 Å². The molecule has 3 nitrogen and oxygen atoms in total. The number of ketones is 1. The Labute approximate surface area is 79.8 Å². The fraction of sp³-hybridized carbons (Fsp3) is 0.700. The quantitative estimate of drug-likeness (QED) is 0.642. The molecule has 0 unspecified atom stereocenters. The van der Waals surface area contributed by atoms with Gasteiger partial charge in [-0.25, -0.2) is 0 Å². The fourth-order valence-corrected chi connectivity index (χ4v) is 1.46. The molecule has 0 aliphatic carbocycles. The van der Waals surface area contributed by atoms with Crippen LogP contribution >= 0.6 is 0 Å². The van der Waals surface area contributed by atoms with E-state index in [1.807, 2.05) is 13.8 Å². The molecule has 1 rings (SSSR count). The minimum absolute atomic E-state index is 0.224. The second kappa shape index (κ2) is 5.14. The van der Waals surface area contributed by atoms with Crippen molar-refractivity contribution in [2.45, 2.75) is 13.8 Å². The van der Waals surface area contributed by atoms with Gasteiger partial charge < -0.3 is 5.32 Å². The van der Waals surface area contributed by atoms with Crippen LogP contribution in [0.5, 0.6) is 0 Å². The lowest BCUT2D eigenvalue weighted by molar-refractivity contribution is -0.115. The smallest absolute Gasteiger partial charge is 0.169 e. The van der Waals surface area contributed by atoms with E-state index in [1.54, 1.807) is 6.08 Å². The molecule has 0 bridgehead atoms. The highest BCUT2D eigenvalue weighted by Crippen LogP contribution is 1.95. The molecule has 13 heavy (non-hydrogen) atoms. The van der Waals surface area contributed by atoms with Crippen LogP contribution in [-0.4, -0.2) is 43.4 Å². The third kappa shape index (κ3) is 4.20. The van der Waals surface area contributed by atoms with E-state index in [0.717, 1.165) is 31.8 Å². The van der Waals surface area contributed by atoms with Gasteiger partial charge in [0.1, 0.15) is 0 Å². The molecule has 1 aliphatic rings. The van der Waals surface area contributed by atoms with Gasteiger partial charge >= 0.3 is 0 Å². The Hall–Kier alpha value is -0.670. The number of carbonyl (C=O) groups excluding carboxylic acids is 1. The first-order chi connectivity index (χ1) is 6.18. The Morgan fingerprint density at radius 1 is 1.38 bits per heavy atom. The zero-order chi connectivity index (χ0) is 9.68. The number of piperazine rings is 1. The molecule has 0 aromatic heterocycles. The molecular formula is C10H18N2O. The van der Waals surface area contributed by atoms with Gasteiger partial charge in [-0.15, -0.1) is 0 Å². The molecule has 74 valence electrons. The lowest BCUT2D eigenvalue weighted by Gasteiger charge is -2.25. The summed E-state index contributed by atoms with van der Waals surface area (Å²) in [6.45, 7) is 8.47. The maximum atomic E-state index is 11.4. The Morgan fingerprint density at radius 3 is 2.54 bits per heavy atom. The average Bonchev–Trinajstić information content (AvgIpc) is 2.04. The number of rotatable bonds is 3. The molecule has 1 fully saturated rings. The first-order valence-corrected chi connectivity index (χ1v) is 4.79. The van der Waals surface area contributed by atoms with E-state index in [1.165, 1.54) is 0 Å². The minimum atomic E-state index is 0.224. The maximum Gasteiger partial charge on any atom is 0.169 e. The summed E-state index contributed by atoms with van der Waals surface area (Å²) in [6.07, 6.45) is 1.72. The Bertz CT molecular complexity index is 201. The summed E-state index contributed by atoms with van der Waals surface area (Å²) >= 11 is 0. The van der Waals surface area contributed by atoms with Gasteiger partial charge in [0.05, 0.1) is 6.54 Å². The second-order valence-electron chi connectivity index (χ2n) is 3.71. The zero-order valence-corrected chi connectivity index (χ0v) is 8.47. The monoisotopic (exact) mass is 182 g/mol. The Kier molecular flexibility index (Phi) is 4.12. The molecule has 0 aromatic rings. The SMILES string of the molecule is CC(C)=CC(=O)CN1CCNCC1. The zero-order valence-electron chi connectivity index (χ0n) is 8.47. The number of hydrogen-bond donors (Lipinski definition) is 1. The molecule has 0 amide bonds. The number of nitrogens with one attached hydrogen (secondary N) is 1. The molecule has 1 N–H and O–H groups in total. The highest BCUT2D eigenvalue weighted by Gasteiger charge is 2.11. The molecule has 0 atom stereocenters. The standard InChI is InChI=1S/C10H18N2O/c1-9(2)7-10(13)8-12-5-3-11-4-6-12/h7,11H,3-6,8H2,1-2H3. The lowest BCUT2D eigenvalue weighted by Crippen LogP contribution is -2.45. The molecule has 3 heteroatoms. The maximum absolute atomic E-state index is 11.4. The van der Waals surface area contributed by atoms with E-state index in [0.29, 0.717) is 6.54 Å². The number of nitrogens with zero attached hydrogens (tertiary/aromatic N) is 1. The van der Waals surface area contributed by atoms with E-state index >= 15 is 0 Å². The number of carbonyl (C=O) groups is 1. The predicted octanol–water partition coefficient (Wildman–Crippen LogP) is 0.427. The Morgan fingerprint density at radius 2 is 2.00 bits per heavy atom. The minimum Gasteiger partial charge on any atom is -0.314 e. The van der Waals surface area contributed by atoms with Crippen molar-refractivity contribution >= 4 is 5.78 Å². The largest absolute Gasteiger partial charge is 0.314 e. The average molecular weight is 182 g/mol. The van der Waals surface area contributed by atoms with Gasteiger partial charge in [0.2, 0.25) is 0 Å². The summed E-state index contributed by atoms with van der Waals surface area (Å²) in [5.41, 5.74) is 1.08. The lowest BCUT2D eigenvalue weighted by atomic mass is 10.2. The van der Waals surface area contributed by atoms with Crippen molar-refractivity contribution in [3.05, 3.63) is 11.6 Å². The van der Waals surface area contributed by atoms with Crippen molar-refractivity contribution < 1.29 is 4.79 Å². The van der Waals surface area contributed by atoms with Gasteiger partial charge in [0.25, 0.3) is 0 Å². The van der Waals surface area contributed by atoms with Gasteiger partial charge in [-0.1, -0.05) is 5.57 Å². The summed E-state index contributed by atoms with van der Waals surface area (Å²) in [4.78, 5) is 13.6. The van der Waals surface area contributed by atoms with Crippen molar-refractivity contribution in [2.24, 2.45) is 0 Å². The van der Waals surface area contributed by atoms with Gasteiger partial charge in [-0.05, 0) is 19.9 Å². The predicted molar refractivity (Wildman–Crippen MR) is 53.7 cm³/mol. The van der Waals surface area contributed by atoms with Gasteiger partial charge in [-0.3, -0.25) is 9.69 Å². The number of hydrogen-bond acceptors (Lipinski definition) is 3. The molecule has 1 heterocycles. The van der Waals surface area contributed by atoms with Crippen LogP contribution in [0.1, 0.15) is 13.8 Å². The first kappa shape index (κ1) is 10.4. The summed E-state index contributed by atoms with van der Waals surface area (Å²) in [7, 11) is 0. The Balaban J connectivity index is 2.30. The van der Waals surface area contributed by atoms with Crippen LogP contribution in [0.4, 0.5) is 0 Å². The van der Waals surface area contributed by atoms with Crippen molar-refractivity contribution in [1.82, 2.24) is 10.2 Å². The van der Waals surface area contributed by atoms with E-state index in [4.69, 9.17) is 0 Å². The normalized spacial score (nSPS) is 18.3. The van der Waals surface area contributed by atoms with Crippen molar-refractivity contribution in [2.75, 3.05) is 32.7 Å². The van der Waals surface area contributed by atoms with Crippen LogP contribution in [0.3, 0.4) is 0 Å². The van der Waals surface area contributed by atoms with E-state index < -0.39 is 0 Å². The third-order valence-corrected chi connectivity index (χ3v) is 2.04. The molecule has 0 saturated carbocycles. The second-order valence-corrected chi connectivity index (χ2v) is 3.71. The van der Waals surface area contributed by atoms with Crippen molar-refractivity contribution in [3.63, 3.8) is 0 Å². The fourth-order valence-electron chi connectivity index (χ4n) is 1.46. The van der Waals surface area contributed by atoms with Gasteiger partial charge in [0, 0.05) is 26.2 Å². The molecule has 0 aromatic carbocycles. The third-order valence-electron chi connectivity index (χ3n) is 2.04. The van der Waals surface area contributed by atoms with Crippen LogP contribution < -0.4 is 5.32 Å². The van der Waals surface area contributed by atoms with Crippen LogP contribution in [0, 0.1) is 0 Å². The highest BCUT2D eigenvalue weighted by molar-refractivity contribution is 5.91. The van der Waals surface area contributed by atoms with E-state index in [9.17, 15) is 4.79 Å². The molecular weight excluding hydrogens is 164 g/mol. The first-order valence-electron chi connectivity index (χ1n) is 4.79. The van der Waals surface area contributed by atoms with Crippen LogP contribution in [0.2, 0.25) is 0 Å². The molecule has 1 saturated heterocycles. The topological polar surface area (TPSA) is 32.3 Å². The van der Waals surface area contributed by atoms with Crippen LogP contribution in [0.15, 0.2) is 11.6 Å². The summed E-state index contributed by atoms with van der Waals surface area (Å²) in [6, 6.07) is 0. The highest BCUT2D eigenvalue weighted by atomic mass is 16.1. The van der Waals surface area contributed by atoms with Crippen LogP contribution in [0.25, 0.3) is 0 Å². The number of allylic oxidation sites excluding steroid dienone is 1. The van der Waals surface area contributed by atoms with Crippen molar-refractivity contribution in [1.29, 1.82) is 0 Å². The van der Waals surface area contributed by atoms with Gasteiger partial charge in [-0.2, -0.15) is 0 Å².